The maximum atomic E-state index is 12.3. The van der Waals surface area contributed by atoms with E-state index >= 15 is 0 Å². The second kappa shape index (κ2) is 5.50. The highest BCUT2D eigenvalue weighted by Gasteiger charge is 2.49. The Morgan fingerprint density at radius 1 is 1.35 bits per heavy atom. The van der Waals surface area contributed by atoms with Crippen molar-refractivity contribution in [2.24, 2.45) is 0 Å². The van der Waals surface area contributed by atoms with E-state index in [-0.39, 0.29) is 24.8 Å². The number of morpholine rings is 1. The Hall–Kier alpha value is -0.850. The van der Waals surface area contributed by atoms with Crippen LogP contribution in [0, 0.1) is 0 Å². The van der Waals surface area contributed by atoms with Crippen molar-refractivity contribution in [3.63, 3.8) is 0 Å². The number of carbonyl (C=O) groups is 1. The highest BCUT2D eigenvalue weighted by atomic mass is 16.6. The first-order valence-electron chi connectivity index (χ1n) is 7.04. The summed E-state index contributed by atoms with van der Waals surface area (Å²) >= 11 is 0. The van der Waals surface area contributed by atoms with Crippen molar-refractivity contribution < 1.29 is 24.1 Å². The van der Waals surface area contributed by atoms with Gasteiger partial charge in [0.25, 0.3) is 0 Å². The molecule has 0 aromatic carbocycles. The fourth-order valence-electron chi connectivity index (χ4n) is 3.07. The summed E-state index contributed by atoms with van der Waals surface area (Å²) in [6.45, 7) is 6.69. The Bertz CT molecular complexity index is 351. The molecule has 6 heteroatoms. The van der Waals surface area contributed by atoms with E-state index in [0.717, 1.165) is 0 Å². The van der Waals surface area contributed by atoms with E-state index in [1.807, 2.05) is 20.8 Å². The summed E-state index contributed by atoms with van der Waals surface area (Å²) in [6, 6.07) is -0.310. The molecular weight excluding hydrogens is 262 g/mol. The van der Waals surface area contributed by atoms with Gasteiger partial charge in [-0.1, -0.05) is 0 Å². The van der Waals surface area contributed by atoms with E-state index in [4.69, 9.17) is 14.2 Å². The van der Waals surface area contributed by atoms with Gasteiger partial charge in [0.15, 0.2) is 0 Å². The lowest BCUT2D eigenvalue weighted by Gasteiger charge is -2.51. The monoisotopic (exact) mass is 287 g/mol. The summed E-state index contributed by atoms with van der Waals surface area (Å²) in [4.78, 5) is 14.1. The molecule has 0 radical (unpaired) electrons. The molecule has 2 rings (SSSR count). The van der Waals surface area contributed by atoms with Crippen molar-refractivity contribution in [3.05, 3.63) is 0 Å². The first-order valence-corrected chi connectivity index (χ1v) is 7.04. The van der Waals surface area contributed by atoms with Gasteiger partial charge in [-0.2, -0.15) is 0 Å². The Labute approximate surface area is 120 Å². The zero-order valence-electron chi connectivity index (χ0n) is 12.7. The molecule has 2 atom stereocenters. The van der Waals surface area contributed by atoms with Crippen molar-refractivity contribution in [3.8, 4) is 0 Å². The number of piperidine rings is 1. The summed E-state index contributed by atoms with van der Waals surface area (Å²) in [5, 5.41) is 10.5. The van der Waals surface area contributed by atoms with Crippen molar-refractivity contribution >= 4 is 6.09 Å². The molecular formula is C14H25NO5. The van der Waals surface area contributed by atoms with Crippen LogP contribution in [0.15, 0.2) is 0 Å². The van der Waals surface area contributed by atoms with Crippen molar-refractivity contribution in [2.75, 3.05) is 26.9 Å². The minimum Gasteiger partial charge on any atom is -0.444 e. The van der Waals surface area contributed by atoms with Crippen LogP contribution in [-0.2, 0) is 14.2 Å². The summed E-state index contributed by atoms with van der Waals surface area (Å²) in [6.07, 6.45) is 0.586. The quantitative estimate of drug-likeness (QED) is 0.825. The van der Waals surface area contributed by atoms with Crippen LogP contribution >= 0.6 is 0 Å². The lowest BCUT2D eigenvalue weighted by Crippen LogP contribution is -2.64. The fourth-order valence-corrected chi connectivity index (χ4v) is 3.07. The van der Waals surface area contributed by atoms with E-state index < -0.39 is 11.2 Å². The van der Waals surface area contributed by atoms with Crippen molar-refractivity contribution in [2.45, 2.75) is 56.9 Å². The van der Waals surface area contributed by atoms with Crippen LogP contribution in [0.1, 0.15) is 33.6 Å². The van der Waals surface area contributed by atoms with E-state index in [0.29, 0.717) is 26.1 Å². The number of aliphatic hydroxyl groups is 1. The highest BCUT2D eigenvalue weighted by Crippen LogP contribution is 2.35. The first kappa shape index (κ1) is 15.5. The van der Waals surface area contributed by atoms with Gasteiger partial charge in [0.05, 0.1) is 37.5 Å². The standard InChI is InChI=1S/C14H25NO5/c1-13(2,3)20-12(16)15-10-5-14(17,9-18-4)6-11(15)8-19-7-10/h10-11,17H,5-9H2,1-4H3. The number of nitrogens with zero attached hydrogens (tertiary/aromatic N) is 1. The van der Waals surface area contributed by atoms with Crippen LogP contribution in [-0.4, -0.2) is 66.3 Å². The molecule has 2 aliphatic heterocycles. The number of rotatable bonds is 2. The van der Waals surface area contributed by atoms with Crippen LogP contribution in [0.3, 0.4) is 0 Å². The second-order valence-corrected chi connectivity index (χ2v) is 6.80. The van der Waals surface area contributed by atoms with Crippen LogP contribution in [0.4, 0.5) is 4.79 Å². The minimum atomic E-state index is -0.883. The summed E-state index contributed by atoms with van der Waals surface area (Å²) in [5.41, 5.74) is -1.40. The first-order chi connectivity index (χ1) is 9.24. The normalized spacial score (nSPS) is 34.0. The average Bonchev–Trinajstić information content (AvgIpc) is 2.24. The fraction of sp³-hybridized carbons (Fsp3) is 0.929. The molecule has 0 aromatic rings. The Morgan fingerprint density at radius 2 is 1.90 bits per heavy atom. The van der Waals surface area contributed by atoms with Gasteiger partial charge < -0.3 is 19.3 Å². The SMILES string of the molecule is COCC1(O)CC2COCC(C1)N2C(=O)OC(C)(C)C. The molecule has 1 amide bonds. The van der Waals surface area contributed by atoms with Gasteiger partial charge in [-0.3, -0.25) is 4.90 Å². The average molecular weight is 287 g/mol. The molecule has 2 unspecified atom stereocenters. The highest BCUT2D eigenvalue weighted by molar-refractivity contribution is 5.69. The third-order valence-corrected chi connectivity index (χ3v) is 3.66. The Kier molecular flexibility index (Phi) is 4.27. The van der Waals surface area contributed by atoms with Crippen LogP contribution < -0.4 is 0 Å². The molecule has 116 valence electrons. The Balaban J connectivity index is 2.10. The molecule has 0 spiro atoms. The maximum absolute atomic E-state index is 12.3. The van der Waals surface area contributed by atoms with Gasteiger partial charge in [-0.05, 0) is 20.8 Å². The number of carbonyl (C=O) groups excluding carboxylic acids is 1. The number of hydrogen-bond donors (Lipinski definition) is 1. The molecule has 0 aliphatic carbocycles. The van der Waals surface area contributed by atoms with E-state index in [2.05, 4.69) is 0 Å². The third-order valence-electron chi connectivity index (χ3n) is 3.66. The van der Waals surface area contributed by atoms with E-state index in [1.54, 1.807) is 12.0 Å². The zero-order valence-corrected chi connectivity index (χ0v) is 12.7. The molecule has 2 saturated heterocycles. The summed E-state index contributed by atoms with van der Waals surface area (Å²) in [5.74, 6) is 0. The van der Waals surface area contributed by atoms with Gasteiger partial charge in [-0.15, -0.1) is 0 Å². The van der Waals surface area contributed by atoms with E-state index in [9.17, 15) is 9.90 Å². The van der Waals surface area contributed by atoms with Crippen LogP contribution in [0.2, 0.25) is 0 Å². The summed E-state index contributed by atoms with van der Waals surface area (Å²) in [7, 11) is 1.57. The van der Waals surface area contributed by atoms with Crippen molar-refractivity contribution in [1.82, 2.24) is 4.90 Å². The predicted octanol–water partition coefficient (Wildman–Crippen LogP) is 1.16. The molecule has 6 nitrogen and oxygen atoms in total. The maximum Gasteiger partial charge on any atom is 0.410 e. The second-order valence-electron chi connectivity index (χ2n) is 6.80. The minimum absolute atomic E-state index is 0.155. The smallest absolute Gasteiger partial charge is 0.410 e. The molecule has 2 fully saturated rings. The van der Waals surface area contributed by atoms with Crippen molar-refractivity contribution in [1.29, 1.82) is 0 Å². The topological polar surface area (TPSA) is 68.2 Å². The Morgan fingerprint density at radius 3 is 2.35 bits per heavy atom. The predicted molar refractivity (Wildman–Crippen MR) is 72.5 cm³/mol. The zero-order chi connectivity index (χ0) is 15.0. The van der Waals surface area contributed by atoms with Gasteiger partial charge in [0.2, 0.25) is 0 Å². The van der Waals surface area contributed by atoms with Crippen LogP contribution in [0.25, 0.3) is 0 Å². The lowest BCUT2D eigenvalue weighted by atomic mass is 9.82. The summed E-state index contributed by atoms with van der Waals surface area (Å²) < 4.78 is 16.1. The van der Waals surface area contributed by atoms with E-state index in [1.165, 1.54) is 0 Å². The van der Waals surface area contributed by atoms with Gasteiger partial charge >= 0.3 is 6.09 Å². The number of ether oxygens (including phenoxy) is 3. The molecule has 0 saturated carbocycles. The molecule has 2 aliphatic rings. The molecule has 20 heavy (non-hydrogen) atoms. The van der Waals surface area contributed by atoms with Crippen LogP contribution in [0.5, 0.6) is 0 Å². The third kappa shape index (κ3) is 3.42. The largest absolute Gasteiger partial charge is 0.444 e. The number of amides is 1. The number of hydrogen-bond acceptors (Lipinski definition) is 5. The molecule has 2 heterocycles. The molecule has 2 bridgehead atoms. The molecule has 0 aromatic heterocycles. The van der Waals surface area contributed by atoms with Gasteiger partial charge in [0.1, 0.15) is 5.60 Å². The number of fused-ring (bicyclic) bond motifs is 2. The van der Waals surface area contributed by atoms with Gasteiger partial charge in [-0.25, -0.2) is 4.79 Å². The van der Waals surface area contributed by atoms with Gasteiger partial charge in [0, 0.05) is 20.0 Å². The molecule has 1 N–H and O–H groups in total. The lowest BCUT2D eigenvalue weighted by molar-refractivity contribution is -0.153. The number of methoxy groups -OCH3 is 1.